The number of aldehydes is 1. The maximum Gasteiger partial charge on any atom is 0.152 e. The van der Waals surface area contributed by atoms with Crippen molar-refractivity contribution >= 4 is 12.0 Å². The van der Waals surface area contributed by atoms with Crippen molar-refractivity contribution in [1.29, 1.82) is 0 Å². The Labute approximate surface area is 148 Å². The number of pyridine rings is 1. The highest BCUT2D eigenvalue weighted by Gasteiger charge is 2.21. The molecule has 4 nitrogen and oxygen atoms in total. The van der Waals surface area contributed by atoms with Crippen molar-refractivity contribution in [3.8, 4) is 17.6 Å². The molecule has 2 heterocycles. The largest absolute Gasteiger partial charge is 0.493 e. The van der Waals surface area contributed by atoms with Gasteiger partial charge in [0.05, 0.1) is 18.5 Å². The third kappa shape index (κ3) is 4.19. The van der Waals surface area contributed by atoms with Crippen molar-refractivity contribution in [2.24, 2.45) is 5.92 Å². The summed E-state index contributed by atoms with van der Waals surface area (Å²) in [5, 5.41) is 3.35. The van der Waals surface area contributed by atoms with Gasteiger partial charge in [-0.2, -0.15) is 0 Å². The number of hydrogen-bond acceptors (Lipinski definition) is 4. The fraction of sp³-hybridized carbons (Fsp3) is 0.333. The lowest BCUT2D eigenvalue weighted by atomic mass is 9.92. The molecule has 0 amide bonds. The summed E-state index contributed by atoms with van der Waals surface area (Å²) in [4.78, 5) is 15.2. The summed E-state index contributed by atoms with van der Waals surface area (Å²) >= 11 is 0. The molecule has 1 aliphatic rings. The zero-order valence-electron chi connectivity index (χ0n) is 14.6. The molecule has 2 aromatic rings. The van der Waals surface area contributed by atoms with Crippen LogP contribution in [0, 0.1) is 17.8 Å². The van der Waals surface area contributed by atoms with Crippen molar-refractivity contribution in [3.63, 3.8) is 0 Å². The number of carbonyl (C=O) groups is 1. The first kappa shape index (κ1) is 17.0. The lowest BCUT2D eigenvalue weighted by molar-refractivity contribution is 0.112. The molecule has 1 unspecified atom stereocenters. The zero-order chi connectivity index (χ0) is 17.6. The van der Waals surface area contributed by atoms with E-state index >= 15 is 0 Å². The van der Waals surface area contributed by atoms with E-state index in [9.17, 15) is 4.79 Å². The van der Waals surface area contributed by atoms with Crippen LogP contribution in [0.5, 0.6) is 5.75 Å². The Morgan fingerprint density at radius 1 is 1.40 bits per heavy atom. The zero-order valence-corrected chi connectivity index (χ0v) is 14.6. The average molecular weight is 334 g/mol. The average Bonchev–Trinajstić information content (AvgIpc) is 2.64. The van der Waals surface area contributed by atoms with Crippen molar-refractivity contribution in [2.45, 2.75) is 26.2 Å². The van der Waals surface area contributed by atoms with Gasteiger partial charge in [-0.3, -0.25) is 9.78 Å². The molecule has 1 N–H and O–H groups in total. The van der Waals surface area contributed by atoms with Gasteiger partial charge in [0, 0.05) is 35.7 Å². The fourth-order valence-corrected chi connectivity index (χ4v) is 2.87. The molecule has 0 bridgehead atoms. The molecular weight excluding hydrogens is 312 g/mol. The van der Waals surface area contributed by atoms with E-state index in [0.717, 1.165) is 36.3 Å². The van der Waals surface area contributed by atoms with E-state index in [-0.39, 0.29) is 0 Å². The normalized spacial score (nSPS) is 15.6. The van der Waals surface area contributed by atoms with E-state index in [4.69, 9.17) is 4.74 Å². The lowest BCUT2D eigenvalue weighted by Crippen LogP contribution is -2.21. The molecule has 0 saturated heterocycles. The summed E-state index contributed by atoms with van der Waals surface area (Å²) in [6.45, 7) is 5.58. The minimum atomic E-state index is 0.329. The minimum Gasteiger partial charge on any atom is -0.493 e. The Hall–Kier alpha value is -2.80. The number of fused-ring (bicyclic) bond motifs is 1. The van der Waals surface area contributed by atoms with E-state index in [1.807, 2.05) is 6.07 Å². The Kier molecular flexibility index (Phi) is 5.35. The smallest absolute Gasteiger partial charge is 0.152 e. The molecule has 1 aliphatic heterocycles. The minimum absolute atomic E-state index is 0.329. The van der Waals surface area contributed by atoms with Crippen LogP contribution in [0.15, 0.2) is 36.7 Å². The summed E-state index contributed by atoms with van der Waals surface area (Å²) in [5.41, 5.74) is 3.56. The molecule has 3 rings (SSSR count). The molecule has 4 heteroatoms. The van der Waals surface area contributed by atoms with E-state index in [1.165, 1.54) is 5.56 Å². The lowest BCUT2D eigenvalue weighted by Gasteiger charge is -2.26. The number of anilines is 1. The van der Waals surface area contributed by atoms with Crippen LogP contribution in [-0.4, -0.2) is 24.4 Å². The standard InChI is InChI=1S/C21H22N2O2/c1-15(2)3-4-16-5-6-19-17(8-10-25-21(19)11-16)12-23-20-13-22-9-7-18(20)14-24/h5-7,9,11,13-15,17,23H,8,10,12H2,1-2H3. The molecular formula is C21H22N2O2. The highest BCUT2D eigenvalue weighted by atomic mass is 16.5. The maximum absolute atomic E-state index is 11.1. The van der Waals surface area contributed by atoms with E-state index in [0.29, 0.717) is 24.0 Å². The summed E-state index contributed by atoms with van der Waals surface area (Å²) in [6, 6.07) is 7.90. The first-order chi connectivity index (χ1) is 12.2. The predicted molar refractivity (Wildman–Crippen MR) is 99.1 cm³/mol. The summed E-state index contributed by atoms with van der Waals surface area (Å²) in [5.74, 6) is 7.96. The van der Waals surface area contributed by atoms with E-state index in [1.54, 1.807) is 18.5 Å². The van der Waals surface area contributed by atoms with Crippen LogP contribution in [0.1, 0.15) is 47.7 Å². The molecule has 1 aromatic heterocycles. The third-order valence-electron chi connectivity index (χ3n) is 4.20. The monoisotopic (exact) mass is 334 g/mol. The summed E-state index contributed by atoms with van der Waals surface area (Å²) in [6.07, 6.45) is 5.10. The van der Waals surface area contributed by atoms with Gasteiger partial charge in [0.25, 0.3) is 0 Å². The van der Waals surface area contributed by atoms with Crippen LogP contribution in [0.2, 0.25) is 0 Å². The van der Waals surface area contributed by atoms with Crippen LogP contribution in [0.25, 0.3) is 0 Å². The second-order valence-electron chi connectivity index (χ2n) is 6.47. The summed E-state index contributed by atoms with van der Waals surface area (Å²) in [7, 11) is 0. The summed E-state index contributed by atoms with van der Waals surface area (Å²) < 4.78 is 5.83. The molecule has 1 aromatic carbocycles. The number of hydrogen-bond donors (Lipinski definition) is 1. The molecule has 25 heavy (non-hydrogen) atoms. The Morgan fingerprint density at radius 3 is 3.08 bits per heavy atom. The Bertz CT molecular complexity index is 818. The SMILES string of the molecule is CC(C)C#Cc1ccc2c(c1)OCCC2CNc1cnccc1C=O. The number of nitrogens with one attached hydrogen (secondary N) is 1. The number of nitrogens with zero attached hydrogens (tertiary/aromatic N) is 1. The Balaban J connectivity index is 1.76. The quantitative estimate of drug-likeness (QED) is 0.681. The highest BCUT2D eigenvalue weighted by molar-refractivity contribution is 5.83. The number of ether oxygens (including phenoxy) is 1. The van der Waals surface area contributed by atoms with Crippen molar-refractivity contribution in [3.05, 3.63) is 53.3 Å². The van der Waals surface area contributed by atoms with Gasteiger partial charge < -0.3 is 10.1 Å². The van der Waals surface area contributed by atoms with Crippen molar-refractivity contribution in [2.75, 3.05) is 18.5 Å². The van der Waals surface area contributed by atoms with Gasteiger partial charge in [0.2, 0.25) is 0 Å². The van der Waals surface area contributed by atoms with E-state index < -0.39 is 0 Å². The number of aromatic nitrogens is 1. The van der Waals surface area contributed by atoms with Gasteiger partial charge in [-0.25, -0.2) is 0 Å². The molecule has 0 fully saturated rings. The van der Waals surface area contributed by atoms with Gasteiger partial charge in [0.15, 0.2) is 6.29 Å². The number of rotatable bonds is 4. The second-order valence-corrected chi connectivity index (χ2v) is 6.47. The maximum atomic E-state index is 11.1. The van der Waals surface area contributed by atoms with Crippen LogP contribution < -0.4 is 10.1 Å². The molecule has 128 valence electrons. The molecule has 0 spiro atoms. The fourth-order valence-electron chi connectivity index (χ4n) is 2.87. The van der Waals surface area contributed by atoms with Crippen LogP contribution in [-0.2, 0) is 0 Å². The molecule has 0 aliphatic carbocycles. The first-order valence-electron chi connectivity index (χ1n) is 8.58. The topological polar surface area (TPSA) is 51.2 Å². The van der Waals surface area contributed by atoms with Crippen LogP contribution >= 0.6 is 0 Å². The first-order valence-corrected chi connectivity index (χ1v) is 8.58. The van der Waals surface area contributed by atoms with Crippen LogP contribution in [0.3, 0.4) is 0 Å². The van der Waals surface area contributed by atoms with Crippen molar-refractivity contribution < 1.29 is 9.53 Å². The van der Waals surface area contributed by atoms with Gasteiger partial charge in [-0.1, -0.05) is 31.8 Å². The van der Waals surface area contributed by atoms with E-state index in [2.05, 4.69) is 48.1 Å². The molecule has 1 atom stereocenters. The van der Waals surface area contributed by atoms with Gasteiger partial charge in [-0.05, 0) is 30.2 Å². The third-order valence-corrected chi connectivity index (χ3v) is 4.20. The molecule has 0 saturated carbocycles. The van der Waals surface area contributed by atoms with Gasteiger partial charge in [-0.15, -0.1) is 0 Å². The number of benzene rings is 1. The highest BCUT2D eigenvalue weighted by Crippen LogP contribution is 2.34. The number of carbonyl (C=O) groups excluding carboxylic acids is 1. The van der Waals surface area contributed by atoms with Gasteiger partial charge in [0.1, 0.15) is 5.75 Å². The van der Waals surface area contributed by atoms with Crippen molar-refractivity contribution in [1.82, 2.24) is 4.98 Å². The van der Waals surface area contributed by atoms with Crippen LogP contribution in [0.4, 0.5) is 5.69 Å². The second kappa shape index (κ2) is 7.85. The van der Waals surface area contributed by atoms with Gasteiger partial charge >= 0.3 is 0 Å². The Morgan fingerprint density at radius 2 is 2.28 bits per heavy atom. The predicted octanol–water partition coefficient (Wildman–Crippen LogP) is 3.88. The molecule has 0 radical (unpaired) electrons.